The molecule has 14 heteroatoms. The molecule has 2 aromatic heterocycles. The van der Waals surface area contributed by atoms with Crippen LogP contribution in [0.15, 0.2) is 6.33 Å². The second-order valence-electron chi connectivity index (χ2n) is 6.92. The second kappa shape index (κ2) is 9.99. The van der Waals surface area contributed by atoms with Crippen molar-refractivity contribution in [1.29, 1.82) is 0 Å². The third kappa shape index (κ3) is 5.37. The SMILES string of the molecule is CC(=O)OCCSC[C@H]1O[C@@H](n2cnc3c(N)nc(N)nc32)[C@H](OC(C)=O)[C@@H]1OC(C)=O. The second-order valence-corrected chi connectivity index (χ2v) is 8.07. The summed E-state index contributed by atoms with van der Waals surface area (Å²) in [6.07, 6.45) is -2.01. The summed E-state index contributed by atoms with van der Waals surface area (Å²) in [5.41, 5.74) is 12.2. The molecule has 1 aliphatic rings. The minimum atomic E-state index is -0.981. The first-order valence-corrected chi connectivity index (χ1v) is 10.8. The third-order valence-electron chi connectivity index (χ3n) is 4.44. The lowest BCUT2D eigenvalue weighted by Gasteiger charge is -2.23. The normalized spacial score (nSPS) is 22.6. The molecule has 0 aliphatic carbocycles. The van der Waals surface area contributed by atoms with Gasteiger partial charge in [0.1, 0.15) is 18.2 Å². The molecule has 3 rings (SSSR count). The highest BCUT2D eigenvalue weighted by molar-refractivity contribution is 7.99. The summed E-state index contributed by atoms with van der Waals surface area (Å²) >= 11 is 1.43. The van der Waals surface area contributed by atoms with Crippen LogP contribution in [0.25, 0.3) is 11.2 Å². The van der Waals surface area contributed by atoms with Crippen molar-refractivity contribution in [2.75, 3.05) is 29.6 Å². The van der Waals surface area contributed by atoms with E-state index in [4.69, 9.17) is 30.4 Å². The number of nitrogens with zero attached hydrogens (tertiary/aromatic N) is 4. The first kappa shape index (κ1) is 23.5. The molecule has 174 valence electrons. The van der Waals surface area contributed by atoms with Crippen LogP contribution in [0.1, 0.15) is 27.0 Å². The first-order chi connectivity index (χ1) is 15.2. The van der Waals surface area contributed by atoms with Gasteiger partial charge in [0.25, 0.3) is 0 Å². The van der Waals surface area contributed by atoms with Crippen LogP contribution in [-0.4, -0.2) is 73.9 Å². The molecule has 4 atom stereocenters. The van der Waals surface area contributed by atoms with E-state index in [-0.39, 0.29) is 30.0 Å². The topological polar surface area (TPSA) is 184 Å². The van der Waals surface area contributed by atoms with Gasteiger partial charge in [-0.15, -0.1) is 0 Å². The van der Waals surface area contributed by atoms with E-state index < -0.39 is 36.5 Å². The van der Waals surface area contributed by atoms with Crippen LogP contribution in [0.3, 0.4) is 0 Å². The van der Waals surface area contributed by atoms with Crippen molar-refractivity contribution in [3.8, 4) is 0 Å². The summed E-state index contributed by atoms with van der Waals surface area (Å²) in [5, 5.41) is 0. The summed E-state index contributed by atoms with van der Waals surface area (Å²) in [4.78, 5) is 46.8. The molecule has 4 N–H and O–H groups in total. The van der Waals surface area contributed by atoms with Gasteiger partial charge in [-0.1, -0.05) is 0 Å². The molecule has 0 unspecified atom stereocenters. The number of imidazole rings is 1. The Labute approximate surface area is 187 Å². The molecule has 0 radical (unpaired) electrons. The maximum Gasteiger partial charge on any atom is 0.303 e. The van der Waals surface area contributed by atoms with Crippen molar-refractivity contribution >= 4 is 52.6 Å². The summed E-state index contributed by atoms with van der Waals surface area (Å²) < 4.78 is 23.5. The van der Waals surface area contributed by atoms with Crippen molar-refractivity contribution in [2.45, 2.75) is 45.3 Å². The van der Waals surface area contributed by atoms with Crippen LogP contribution >= 0.6 is 11.8 Å². The quantitative estimate of drug-likeness (QED) is 0.301. The molecule has 1 saturated heterocycles. The van der Waals surface area contributed by atoms with E-state index >= 15 is 0 Å². The van der Waals surface area contributed by atoms with E-state index in [0.29, 0.717) is 17.0 Å². The fourth-order valence-corrected chi connectivity index (χ4v) is 4.17. The predicted molar refractivity (Wildman–Crippen MR) is 113 cm³/mol. The van der Waals surface area contributed by atoms with Gasteiger partial charge >= 0.3 is 17.9 Å². The first-order valence-electron chi connectivity index (χ1n) is 9.64. The van der Waals surface area contributed by atoms with Gasteiger partial charge in [-0.2, -0.15) is 21.7 Å². The van der Waals surface area contributed by atoms with Crippen molar-refractivity contribution in [3.63, 3.8) is 0 Å². The zero-order valence-electron chi connectivity index (χ0n) is 17.7. The van der Waals surface area contributed by atoms with Gasteiger partial charge in [0.15, 0.2) is 29.9 Å². The summed E-state index contributed by atoms with van der Waals surface area (Å²) in [6.45, 7) is 4.05. The van der Waals surface area contributed by atoms with Gasteiger partial charge in [-0.25, -0.2) is 4.98 Å². The number of aromatic nitrogens is 4. The van der Waals surface area contributed by atoms with Gasteiger partial charge in [-0.05, 0) is 0 Å². The largest absolute Gasteiger partial charge is 0.465 e. The predicted octanol–water partition coefficient (Wildman–Crippen LogP) is 0.0478. The number of esters is 3. The van der Waals surface area contributed by atoms with E-state index in [1.165, 1.54) is 43.4 Å². The van der Waals surface area contributed by atoms with E-state index in [1.807, 2.05) is 0 Å². The highest BCUT2D eigenvalue weighted by Crippen LogP contribution is 2.37. The number of nitrogen functional groups attached to an aromatic ring is 2. The molecule has 0 bridgehead atoms. The standard InChI is InChI=1S/C18H24N6O7S/c1-8(25)28-4-5-32-6-11-13(29-9(2)26)14(30-10(3)27)17(31-11)24-7-21-12-15(19)22-18(20)23-16(12)24/h7,11,13-14,17H,4-6H2,1-3H3,(H4,19,20,22,23)/t11-,13-,14-,17-/m1/s1. The zero-order valence-corrected chi connectivity index (χ0v) is 18.5. The number of hydrogen-bond acceptors (Lipinski definition) is 13. The van der Waals surface area contributed by atoms with Crippen LogP contribution in [-0.2, 0) is 33.3 Å². The molecule has 0 spiro atoms. The van der Waals surface area contributed by atoms with Gasteiger partial charge in [-0.3, -0.25) is 19.0 Å². The van der Waals surface area contributed by atoms with Gasteiger partial charge < -0.3 is 30.4 Å². The maximum absolute atomic E-state index is 11.8. The fraction of sp³-hybridized carbons (Fsp3) is 0.556. The Bertz CT molecular complexity index is 1020. The monoisotopic (exact) mass is 468 g/mol. The van der Waals surface area contributed by atoms with Crippen LogP contribution in [0, 0.1) is 0 Å². The zero-order chi connectivity index (χ0) is 23.4. The Morgan fingerprint density at radius 1 is 1.09 bits per heavy atom. The summed E-state index contributed by atoms with van der Waals surface area (Å²) in [5.74, 6) is -0.610. The van der Waals surface area contributed by atoms with Crippen LogP contribution in [0.2, 0.25) is 0 Å². The Hall–Kier alpha value is -3.13. The number of hydrogen-bond donors (Lipinski definition) is 2. The number of thioether (sulfide) groups is 1. The summed E-state index contributed by atoms with van der Waals surface area (Å²) in [6, 6.07) is 0. The van der Waals surface area contributed by atoms with Crippen LogP contribution in [0.4, 0.5) is 11.8 Å². The average molecular weight is 468 g/mol. The number of fused-ring (bicyclic) bond motifs is 1. The molecule has 1 fully saturated rings. The van der Waals surface area contributed by atoms with E-state index in [2.05, 4.69) is 15.0 Å². The number of carbonyl (C=O) groups excluding carboxylic acids is 3. The molecule has 1 aliphatic heterocycles. The van der Waals surface area contributed by atoms with Crippen molar-refractivity contribution in [3.05, 3.63) is 6.33 Å². The molecular formula is C18H24N6O7S. The molecule has 0 saturated carbocycles. The van der Waals surface area contributed by atoms with Gasteiger partial charge in [0.05, 0.1) is 6.33 Å². The average Bonchev–Trinajstić information content (AvgIpc) is 3.23. The lowest BCUT2D eigenvalue weighted by Crippen LogP contribution is -2.39. The van der Waals surface area contributed by atoms with Crippen molar-refractivity contribution in [2.24, 2.45) is 0 Å². The van der Waals surface area contributed by atoms with E-state index in [9.17, 15) is 14.4 Å². The highest BCUT2D eigenvalue weighted by Gasteiger charge is 2.50. The van der Waals surface area contributed by atoms with Crippen molar-refractivity contribution in [1.82, 2.24) is 19.5 Å². The smallest absolute Gasteiger partial charge is 0.303 e. The van der Waals surface area contributed by atoms with Crippen LogP contribution < -0.4 is 11.5 Å². The minimum Gasteiger partial charge on any atom is -0.465 e. The Kier molecular flexibility index (Phi) is 7.35. The Morgan fingerprint density at radius 2 is 1.78 bits per heavy atom. The van der Waals surface area contributed by atoms with Gasteiger partial charge in [0.2, 0.25) is 5.95 Å². The molecule has 13 nitrogen and oxygen atoms in total. The third-order valence-corrected chi connectivity index (χ3v) is 5.46. The van der Waals surface area contributed by atoms with E-state index in [1.54, 1.807) is 0 Å². The lowest BCUT2D eigenvalue weighted by atomic mass is 10.1. The Balaban J connectivity index is 1.89. The summed E-state index contributed by atoms with van der Waals surface area (Å²) in [7, 11) is 0. The molecule has 3 heterocycles. The number of nitrogens with two attached hydrogens (primary N) is 2. The Morgan fingerprint density at radius 3 is 2.44 bits per heavy atom. The molecular weight excluding hydrogens is 444 g/mol. The number of anilines is 2. The van der Waals surface area contributed by atoms with Crippen molar-refractivity contribution < 1.29 is 33.3 Å². The molecule has 0 amide bonds. The lowest BCUT2D eigenvalue weighted by molar-refractivity contribution is -0.165. The van der Waals surface area contributed by atoms with Crippen LogP contribution in [0.5, 0.6) is 0 Å². The van der Waals surface area contributed by atoms with Gasteiger partial charge in [0, 0.05) is 32.3 Å². The highest BCUT2D eigenvalue weighted by atomic mass is 32.2. The number of rotatable bonds is 8. The number of ether oxygens (including phenoxy) is 4. The fourth-order valence-electron chi connectivity index (χ4n) is 3.30. The maximum atomic E-state index is 11.8. The molecule has 0 aromatic carbocycles. The van der Waals surface area contributed by atoms with E-state index in [0.717, 1.165) is 0 Å². The molecule has 2 aromatic rings. The minimum absolute atomic E-state index is 0.0621. The number of carbonyl (C=O) groups is 3. The molecule has 32 heavy (non-hydrogen) atoms.